The van der Waals surface area contributed by atoms with E-state index >= 15 is 0 Å². The summed E-state index contributed by atoms with van der Waals surface area (Å²) in [6.45, 7) is 0.759. The van der Waals surface area contributed by atoms with Crippen molar-refractivity contribution in [3.05, 3.63) is 77.0 Å². The number of fused-ring (bicyclic) bond motifs is 2. The van der Waals surface area contributed by atoms with Crippen molar-refractivity contribution < 1.29 is 9.90 Å². The first-order valence-electron chi connectivity index (χ1n) is 9.12. The van der Waals surface area contributed by atoms with Crippen LogP contribution in [0, 0.1) is 0 Å². The van der Waals surface area contributed by atoms with Crippen LogP contribution in [0.2, 0.25) is 0 Å². The quantitative estimate of drug-likeness (QED) is 0.771. The van der Waals surface area contributed by atoms with Crippen LogP contribution in [-0.4, -0.2) is 34.0 Å². The number of aryl methyl sites for hydroxylation is 1. The number of aliphatic hydroxyl groups excluding tert-OH is 1. The molecule has 3 aromatic rings. The normalized spacial score (nSPS) is 13.0. The number of para-hydroxylation sites is 1. The fraction of sp³-hybridized carbons (Fsp3) is 0.273. The standard InChI is InChI=1S/C22H22N2O2/c25-14-13-24(15-16-7-2-1-3-8-16)22(26)21-17-9-4-5-11-19(17)23-20-12-6-10-18(20)21/h1-5,7-9,11,25H,6,10,12-15H2. The minimum Gasteiger partial charge on any atom is -0.395 e. The third kappa shape index (κ3) is 3.08. The average molecular weight is 346 g/mol. The predicted octanol–water partition coefficient (Wildman–Crippen LogP) is 3.36. The Morgan fingerprint density at radius 1 is 1.04 bits per heavy atom. The summed E-state index contributed by atoms with van der Waals surface area (Å²) < 4.78 is 0. The lowest BCUT2D eigenvalue weighted by Gasteiger charge is -2.24. The van der Waals surface area contributed by atoms with Crippen molar-refractivity contribution in [1.82, 2.24) is 9.88 Å². The lowest BCUT2D eigenvalue weighted by Crippen LogP contribution is -2.34. The van der Waals surface area contributed by atoms with Gasteiger partial charge in [-0.3, -0.25) is 9.78 Å². The molecule has 4 rings (SSSR count). The highest BCUT2D eigenvalue weighted by molar-refractivity contribution is 6.07. The van der Waals surface area contributed by atoms with Crippen molar-refractivity contribution in [2.45, 2.75) is 25.8 Å². The number of amides is 1. The molecule has 1 heterocycles. The highest BCUT2D eigenvalue weighted by atomic mass is 16.3. The van der Waals surface area contributed by atoms with Gasteiger partial charge in [-0.25, -0.2) is 0 Å². The van der Waals surface area contributed by atoms with Gasteiger partial charge in [0, 0.05) is 24.2 Å². The number of pyridine rings is 1. The van der Waals surface area contributed by atoms with Gasteiger partial charge >= 0.3 is 0 Å². The Bertz CT molecular complexity index is 938. The fourth-order valence-corrected chi connectivity index (χ4v) is 3.79. The summed E-state index contributed by atoms with van der Waals surface area (Å²) in [7, 11) is 0. The maximum atomic E-state index is 13.5. The second-order valence-corrected chi connectivity index (χ2v) is 6.72. The summed E-state index contributed by atoms with van der Waals surface area (Å²) in [5, 5.41) is 10.4. The number of carbonyl (C=O) groups is 1. The number of hydrogen-bond acceptors (Lipinski definition) is 3. The molecule has 1 aliphatic carbocycles. The van der Waals surface area contributed by atoms with E-state index in [0.717, 1.165) is 52.5 Å². The van der Waals surface area contributed by atoms with Crippen LogP contribution in [0.25, 0.3) is 10.9 Å². The van der Waals surface area contributed by atoms with Gasteiger partial charge in [0.15, 0.2) is 0 Å². The Labute approximate surface area is 153 Å². The van der Waals surface area contributed by atoms with E-state index in [2.05, 4.69) is 0 Å². The molecule has 4 heteroatoms. The van der Waals surface area contributed by atoms with Gasteiger partial charge in [-0.05, 0) is 36.5 Å². The van der Waals surface area contributed by atoms with Gasteiger partial charge in [-0.15, -0.1) is 0 Å². The molecule has 4 nitrogen and oxygen atoms in total. The molecule has 0 bridgehead atoms. The Hall–Kier alpha value is -2.72. The van der Waals surface area contributed by atoms with E-state index < -0.39 is 0 Å². The number of benzene rings is 2. The molecule has 0 unspecified atom stereocenters. The minimum atomic E-state index is -0.0518. The van der Waals surface area contributed by atoms with Crippen LogP contribution in [0.3, 0.4) is 0 Å². The molecule has 0 spiro atoms. The second-order valence-electron chi connectivity index (χ2n) is 6.72. The highest BCUT2D eigenvalue weighted by Gasteiger charge is 2.26. The van der Waals surface area contributed by atoms with E-state index in [1.807, 2.05) is 54.6 Å². The Morgan fingerprint density at radius 2 is 1.81 bits per heavy atom. The van der Waals surface area contributed by atoms with Crippen molar-refractivity contribution in [3.63, 3.8) is 0 Å². The molecule has 1 amide bonds. The lowest BCUT2D eigenvalue weighted by molar-refractivity contribution is 0.0708. The van der Waals surface area contributed by atoms with Crippen molar-refractivity contribution in [2.24, 2.45) is 0 Å². The lowest BCUT2D eigenvalue weighted by atomic mass is 9.99. The van der Waals surface area contributed by atoms with Gasteiger partial charge in [0.1, 0.15) is 0 Å². The molecule has 26 heavy (non-hydrogen) atoms. The van der Waals surface area contributed by atoms with Crippen LogP contribution >= 0.6 is 0 Å². The van der Waals surface area contributed by atoms with Gasteiger partial charge in [0.05, 0.1) is 17.7 Å². The first-order chi connectivity index (χ1) is 12.8. The van der Waals surface area contributed by atoms with E-state index in [-0.39, 0.29) is 12.5 Å². The number of aliphatic hydroxyl groups is 1. The van der Waals surface area contributed by atoms with Gasteiger partial charge in [-0.2, -0.15) is 0 Å². The number of carbonyl (C=O) groups excluding carboxylic acids is 1. The van der Waals surface area contributed by atoms with E-state index in [9.17, 15) is 9.90 Å². The molecular formula is C22H22N2O2. The van der Waals surface area contributed by atoms with Crippen LogP contribution in [0.4, 0.5) is 0 Å². The molecule has 132 valence electrons. The summed E-state index contributed by atoms with van der Waals surface area (Å²) in [5.41, 5.74) is 4.84. The number of hydrogen-bond donors (Lipinski definition) is 1. The molecule has 0 saturated carbocycles. The summed E-state index contributed by atoms with van der Waals surface area (Å²) in [4.78, 5) is 20.0. The second kappa shape index (κ2) is 7.26. The summed E-state index contributed by atoms with van der Waals surface area (Å²) in [5.74, 6) is -0.0142. The van der Waals surface area contributed by atoms with Gasteiger partial charge < -0.3 is 10.0 Å². The zero-order chi connectivity index (χ0) is 17.9. The molecule has 0 radical (unpaired) electrons. The number of aromatic nitrogens is 1. The van der Waals surface area contributed by atoms with Crippen LogP contribution in [-0.2, 0) is 19.4 Å². The van der Waals surface area contributed by atoms with E-state index in [0.29, 0.717) is 13.1 Å². The third-order valence-corrected chi connectivity index (χ3v) is 5.01. The molecule has 1 aromatic heterocycles. The molecular weight excluding hydrogens is 324 g/mol. The molecule has 0 aliphatic heterocycles. The Balaban J connectivity index is 1.78. The number of nitrogens with zero attached hydrogens (tertiary/aromatic N) is 2. The largest absolute Gasteiger partial charge is 0.395 e. The number of rotatable bonds is 5. The molecule has 2 aromatic carbocycles. The van der Waals surface area contributed by atoms with Crippen LogP contribution in [0.5, 0.6) is 0 Å². The molecule has 1 N–H and O–H groups in total. The highest BCUT2D eigenvalue weighted by Crippen LogP contribution is 2.31. The SMILES string of the molecule is O=C(c1c2c(nc3ccccc13)CCC2)N(CCO)Cc1ccccc1. The smallest absolute Gasteiger partial charge is 0.255 e. The van der Waals surface area contributed by atoms with E-state index in [1.165, 1.54) is 0 Å². The predicted molar refractivity (Wildman–Crippen MR) is 102 cm³/mol. The summed E-state index contributed by atoms with van der Waals surface area (Å²) in [6, 6.07) is 17.8. The minimum absolute atomic E-state index is 0.0142. The molecule has 0 atom stereocenters. The van der Waals surface area contributed by atoms with Crippen molar-refractivity contribution >= 4 is 16.8 Å². The first kappa shape index (κ1) is 16.7. The average Bonchev–Trinajstić information content (AvgIpc) is 3.14. The molecule has 0 saturated heterocycles. The fourth-order valence-electron chi connectivity index (χ4n) is 3.79. The molecule has 1 aliphatic rings. The van der Waals surface area contributed by atoms with Crippen molar-refractivity contribution in [1.29, 1.82) is 0 Å². The van der Waals surface area contributed by atoms with Crippen molar-refractivity contribution in [3.8, 4) is 0 Å². The Morgan fingerprint density at radius 3 is 2.62 bits per heavy atom. The van der Waals surface area contributed by atoms with Gasteiger partial charge in [0.2, 0.25) is 0 Å². The van der Waals surface area contributed by atoms with Crippen LogP contribution in [0.15, 0.2) is 54.6 Å². The summed E-state index contributed by atoms with van der Waals surface area (Å²) in [6.07, 6.45) is 2.86. The third-order valence-electron chi connectivity index (χ3n) is 5.01. The maximum Gasteiger partial charge on any atom is 0.255 e. The van der Waals surface area contributed by atoms with Crippen LogP contribution in [0.1, 0.15) is 33.6 Å². The summed E-state index contributed by atoms with van der Waals surface area (Å²) >= 11 is 0. The van der Waals surface area contributed by atoms with Crippen molar-refractivity contribution in [2.75, 3.05) is 13.2 Å². The first-order valence-corrected chi connectivity index (χ1v) is 9.12. The van der Waals surface area contributed by atoms with Gasteiger partial charge in [0.25, 0.3) is 5.91 Å². The zero-order valence-corrected chi connectivity index (χ0v) is 14.7. The monoisotopic (exact) mass is 346 g/mol. The van der Waals surface area contributed by atoms with E-state index in [1.54, 1.807) is 4.90 Å². The van der Waals surface area contributed by atoms with Gasteiger partial charge in [-0.1, -0.05) is 48.5 Å². The topological polar surface area (TPSA) is 53.4 Å². The van der Waals surface area contributed by atoms with E-state index in [4.69, 9.17) is 4.98 Å². The van der Waals surface area contributed by atoms with Crippen LogP contribution < -0.4 is 0 Å². The molecule has 0 fully saturated rings. The zero-order valence-electron chi connectivity index (χ0n) is 14.7. The Kier molecular flexibility index (Phi) is 4.67. The maximum absolute atomic E-state index is 13.5.